The van der Waals surface area contributed by atoms with E-state index in [1.807, 2.05) is 0 Å². The summed E-state index contributed by atoms with van der Waals surface area (Å²) in [6.45, 7) is 1.36. The molecule has 0 saturated heterocycles. The van der Waals surface area contributed by atoms with Gasteiger partial charge in [-0.1, -0.05) is 36.2 Å². The lowest BCUT2D eigenvalue weighted by atomic mass is 10.0. The number of benzene rings is 1. The summed E-state index contributed by atoms with van der Waals surface area (Å²) in [6.07, 6.45) is 3.98. The van der Waals surface area contributed by atoms with Gasteiger partial charge in [0, 0.05) is 18.4 Å². The molecule has 1 saturated carbocycles. The zero-order chi connectivity index (χ0) is 17.8. The van der Waals surface area contributed by atoms with Gasteiger partial charge in [-0.3, -0.25) is 14.9 Å². The molecular formula is C18H19N3O4. The molecule has 2 aromatic rings. The van der Waals surface area contributed by atoms with Crippen LogP contribution in [0.3, 0.4) is 0 Å². The third-order valence-electron chi connectivity index (χ3n) is 4.28. The van der Waals surface area contributed by atoms with Crippen molar-refractivity contribution < 1.29 is 18.9 Å². The molecule has 0 atom stereocenters. The molecule has 0 radical (unpaired) electrons. The number of urea groups is 1. The Morgan fingerprint density at radius 2 is 1.80 bits per heavy atom. The highest BCUT2D eigenvalue weighted by Gasteiger charge is 2.29. The maximum absolute atomic E-state index is 12.2. The lowest BCUT2D eigenvalue weighted by molar-refractivity contribution is 0.0965. The largest absolute Gasteiger partial charge is 0.358 e. The number of hydrogen-bond donors (Lipinski definition) is 2. The van der Waals surface area contributed by atoms with E-state index in [-0.39, 0.29) is 23.1 Å². The molecule has 0 unspecified atom stereocenters. The Kier molecular flexibility index (Phi) is 4.92. The van der Waals surface area contributed by atoms with E-state index in [0.717, 1.165) is 25.7 Å². The number of amides is 3. The van der Waals surface area contributed by atoms with Gasteiger partial charge in [-0.25, -0.2) is 4.79 Å². The van der Waals surface area contributed by atoms with E-state index >= 15 is 0 Å². The number of Topliss-reactive ketones (excluding diaryl/α,β-unsaturated/α-hetero) is 1. The number of anilines is 1. The van der Waals surface area contributed by atoms with Gasteiger partial charge in [0.15, 0.2) is 17.2 Å². The van der Waals surface area contributed by atoms with Crippen LogP contribution in [0.15, 0.2) is 34.9 Å². The molecule has 130 valence electrons. The van der Waals surface area contributed by atoms with Gasteiger partial charge >= 0.3 is 6.03 Å². The Hall–Kier alpha value is -2.96. The summed E-state index contributed by atoms with van der Waals surface area (Å²) in [5.74, 6) is -0.204. The van der Waals surface area contributed by atoms with Crippen LogP contribution in [0.5, 0.6) is 0 Å². The first kappa shape index (κ1) is 16.9. The van der Waals surface area contributed by atoms with Crippen LogP contribution < -0.4 is 10.6 Å². The number of nitrogens with one attached hydrogen (secondary N) is 2. The normalized spacial score (nSPS) is 14.3. The molecule has 3 rings (SSSR count). The minimum atomic E-state index is -0.723. The Balaban J connectivity index is 1.77. The highest BCUT2D eigenvalue weighted by Crippen LogP contribution is 2.39. The predicted molar refractivity (Wildman–Crippen MR) is 90.6 cm³/mol. The van der Waals surface area contributed by atoms with Gasteiger partial charge in [-0.15, -0.1) is 0 Å². The van der Waals surface area contributed by atoms with Crippen molar-refractivity contribution in [1.29, 1.82) is 0 Å². The van der Waals surface area contributed by atoms with Gasteiger partial charge < -0.3 is 9.84 Å². The van der Waals surface area contributed by atoms with Crippen molar-refractivity contribution in [1.82, 2.24) is 10.5 Å². The highest BCUT2D eigenvalue weighted by molar-refractivity contribution is 6.10. The molecule has 25 heavy (non-hydrogen) atoms. The number of rotatable bonds is 4. The third-order valence-corrected chi connectivity index (χ3v) is 4.28. The SMILES string of the molecule is CC(=O)c1noc(C2CCCC2)c1NC(=O)NC(=O)c1ccccc1. The van der Waals surface area contributed by atoms with E-state index < -0.39 is 11.9 Å². The smallest absolute Gasteiger partial charge is 0.326 e. The van der Waals surface area contributed by atoms with Gasteiger partial charge in [-0.2, -0.15) is 0 Å². The number of carbonyl (C=O) groups excluding carboxylic acids is 3. The monoisotopic (exact) mass is 341 g/mol. The summed E-state index contributed by atoms with van der Waals surface area (Å²) >= 11 is 0. The van der Waals surface area contributed by atoms with Crippen LogP contribution in [0.1, 0.15) is 65.1 Å². The Bertz CT molecular complexity index is 792. The van der Waals surface area contributed by atoms with Crippen molar-refractivity contribution >= 4 is 23.4 Å². The van der Waals surface area contributed by atoms with Crippen molar-refractivity contribution in [3.8, 4) is 0 Å². The topological polar surface area (TPSA) is 101 Å². The van der Waals surface area contributed by atoms with Crippen molar-refractivity contribution in [2.45, 2.75) is 38.5 Å². The Morgan fingerprint density at radius 1 is 1.12 bits per heavy atom. The molecule has 1 aliphatic carbocycles. The fourth-order valence-electron chi connectivity index (χ4n) is 3.04. The molecule has 7 heteroatoms. The molecule has 1 aliphatic rings. The second-order valence-corrected chi connectivity index (χ2v) is 6.08. The van der Waals surface area contributed by atoms with Crippen molar-refractivity contribution in [3.05, 3.63) is 47.3 Å². The summed E-state index contributed by atoms with van der Waals surface area (Å²) in [4.78, 5) is 36.0. The number of imide groups is 1. The van der Waals surface area contributed by atoms with Crippen LogP contribution in [-0.4, -0.2) is 22.9 Å². The first-order valence-corrected chi connectivity index (χ1v) is 8.24. The molecule has 1 heterocycles. The van der Waals surface area contributed by atoms with Crippen LogP contribution in [0, 0.1) is 0 Å². The average molecular weight is 341 g/mol. The Labute approximate surface area is 144 Å². The van der Waals surface area contributed by atoms with Gasteiger partial charge in [0.1, 0.15) is 5.69 Å². The first-order chi connectivity index (χ1) is 12.1. The van der Waals surface area contributed by atoms with Gasteiger partial charge in [0.2, 0.25) is 0 Å². The number of aromatic nitrogens is 1. The molecule has 3 amide bonds. The minimum Gasteiger partial charge on any atom is -0.358 e. The van der Waals surface area contributed by atoms with Gasteiger partial charge in [-0.05, 0) is 25.0 Å². The van der Waals surface area contributed by atoms with Crippen LogP contribution in [-0.2, 0) is 0 Å². The quantitative estimate of drug-likeness (QED) is 0.829. The van der Waals surface area contributed by atoms with Gasteiger partial charge in [0.05, 0.1) is 0 Å². The van der Waals surface area contributed by atoms with E-state index in [1.54, 1.807) is 30.3 Å². The zero-order valence-electron chi connectivity index (χ0n) is 13.9. The molecule has 7 nitrogen and oxygen atoms in total. The van der Waals surface area contributed by atoms with Gasteiger partial charge in [0.25, 0.3) is 5.91 Å². The first-order valence-electron chi connectivity index (χ1n) is 8.24. The molecule has 0 spiro atoms. The Morgan fingerprint density at radius 3 is 2.44 bits per heavy atom. The summed E-state index contributed by atoms with van der Waals surface area (Å²) in [6, 6.07) is 7.68. The highest BCUT2D eigenvalue weighted by atomic mass is 16.5. The van der Waals surface area contributed by atoms with E-state index in [9.17, 15) is 14.4 Å². The second-order valence-electron chi connectivity index (χ2n) is 6.08. The van der Waals surface area contributed by atoms with Crippen LogP contribution in [0.4, 0.5) is 10.5 Å². The molecule has 2 N–H and O–H groups in total. The van der Waals surface area contributed by atoms with Crippen LogP contribution in [0.2, 0.25) is 0 Å². The maximum atomic E-state index is 12.2. The number of hydrogen-bond acceptors (Lipinski definition) is 5. The van der Waals surface area contributed by atoms with E-state index in [2.05, 4.69) is 15.8 Å². The lowest BCUT2D eigenvalue weighted by Gasteiger charge is -2.10. The fourth-order valence-corrected chi connectivity index (χ4v) is 3.04. The summed E-state index contributed by atoms with van der Waals surface area (Å²) in [7, 11) is 0. The standard InChI is InChI=1S/C18H19N3O4/c1-11(22)14-15(16(25-21-14)12-7-5-6-8-12)19-18(24)20-17(23)13-9-3-2-4-10-13/h2-4,9-10,12H,5-8H2,1H3,(H2,19,20,23,24). The van der Waals surface area contributed by atoms with E-state index in [1.165, 1.54) is 6.92 Å². The summed E-state index contributed by atoms with van der Waals surface area (Å²) in [5, 5.41) is 8.62. The van der Waals surface area contributed by atoms with E-state index in [0.29, 0.717) is 11.3 Å². The van der Waals surface area contributed by atoms with Crippen molar-refractivity contribution in [3.63, 3.8) is 0 Å². The molecular weight excluding hydrogens is 322 g/mol. The average Bonchev–Trinajstić information content (AvgIpc) is 3.24. The fraction of sp³-hybridized carbons (Fsp3) is 0.333. The van der Waals surface area contributed by atoms with Crippen molar-refractivity contribution in [2.24, 2.45) is 0 Å². The van der Waals surface area contributed by atoms with E-state index in [4.69, 9.17) is 4.52 Å². The molecule has 1 aromatic heterocycles. The van der Waals surface area contributed by atoms with Crippen LogP contribution in [0.25, 0.3) is 0 Å². The maximum Gasteiger partial charge on any atom is 0.326 e. The number of carbonyl (C=O) groups is 3. The predicted octanol–water partition coefficient (Wildman–Crippen LogP) is 3.50. The van der Waals surface area contributed by atoms with Crippen molar-refractivity contribution in [2.75, 3.05) is 5.32 Å². The second kappa shape index (κ2) is 7.29. The molecule has 0 bridgehead atoms. The summed E-state index contributed by atoms with van der Waals surface area (Å²) < 4.78 is 5.33. The molecule has 0 aliphatic heterocycles. The van der Waals surface area contributed by atoms with Crippen LogP contribution >= 0.6 is 0 Å². The zero-order valence-corrected chi connectivity index (χ0v) is 13.9. The summed E-state index contributed by atoms with van der Waals surface area (Å²) in [5.41, 5.74) is 0.702. The number of ketones is 1. The lowest BCUT2D eigenvalue weighted by Crippen LogP contribution is -2.34. The molecule has 1 fully saturated rings. The third kappa shape index (κ3) is 3.76. The minimum absolute atomic E-state index is 0.0733. The molecule has 1 aromatic carbocycles. The number of nitrogens with zero attached hydrogens (tertiary/aromatic N) is 1.